The highest BCUT2D eigenvalue weighted by molar-refractivity contribution is 14.1. The van der Waals surface area contributed by atoms with Crippen LogP contribution in [0.3, 0.4) is 0 Å². The second-order valence-electron chi connectivity index (χ2n) is 3.81. The normalized spacial score (nSPS) is 10.1. The van der Waals surface area contributed by atoms with Crippen molar-refractivity contribution >= 4 is 39.9 Å². The zero-order valence-corrected chi connectivity index (χ0v) is 11.8. The Hall–Kier alpha value is -1.63. The Morgan fingerprint density at radius 3 is 2.61 bits per heavy atom. The molecule has 0 aliphatic heterocycles. The van der Waals surface area contributed by atoms with Gasteiger partial charge in [0.1, 0.15) is 5.56 Å². The molecule has 2 N–H and O–H groups in total. The first-order valence-electron chi connectivity index (χ1n) is 5.29. The van der Waals surface area contributed by atoms with Gasteiger partial charge < -0.3 is 10.4 Å². The summed E-state index contributed by atoms with van der Waals surface area (Å²) < 4.78 is 1.13. The molecule has 0 unspecified atom stereocenters. The Labute approximate surface area is 118 Å². The molecule has 18 heavy (non-hydrogen) atoms. The fourth-order valence-corrected chi connectivity index (χ4v) is 1.88. The highest BCUT2D eigenvalue weighted by Gasteiger charge is 2.10. The van der Waals surface area contributed by atoms with Crippen molar-refractivity contribution in [3.8, 4) is 0 Å². The van der Waals surface area contributed by atoms with Crippen LogP contribution < -0.4 is 5.32 Å². The molecule has 0 spiro atoms. The number of rotatable bonds is 3. The maximum Gasteiger partial charge on any atom is 0.339 e. The Bertz CT molecular complexity index is 582. The number of halogens is 1. The topological polar surface area (TPSA) is 62.2 Å². The molecule has 0 saturated carbocycles. The number of aryl methyl sites for hydroxylation is 1. The molecule has 1 aromatic heterocycles. The van der Waals surface area contributed by atoms with E-state index in [1.165, 1.54) is 6.20 Å². The van der Waals surface area contributed by atoms with Gasteiger partial charge in [-0.15, -0.1) is 0 Å². The van der Waals surface area contributed by atoms with Crippen LogP contribution in [-0.4, -0.2) is 16.1 Å². The number of hydrogen-bond donors (Lipinski definition) is 2. The molecular weight excluding hydrogens is 343 g/mol. The van der Waals surface area contributed by atoms with Crippen LogP contribution in [0.1, 0.15) is 16.1 Å². The molecule has 0 saturated heterocycles. The zero-order chi connectivity index (χ0) is 13.1. The van der Waals surface area contributed by atoms with E-state index in [-0.39, 0.29) is 5.56 Å². The van der Waals surface area contributed by atoms with Crippen molar-refractivity contribution in [1.29, 1.82) is 0 Å². The lowest BCUT2D eigenvalue weighted by atomic mass is 10.2. The summed E-state index contributed by atoms with van der Waals surface area (Å²) in [5, 5.41) is 12.2. The molecule has 2 rings (SSSR count). The van der Waals surface area contributed by atoms with Gasteiger partial charge in [-0.05, 0) is 59.8 Å². The van der Waals surface area contributed by atoms with E-state index in [0.717, 1.165) is 15.0 Å². The molecule has 5 heteroatoms. The molecular formula is C13H11IN2O2. The summed E-state index contributed by atoms with van der Waals surface area (Å²) in [5.41, 5.74) is 2.34. The van der Waals surface area contributed by atoms with E-state index >= 15 is 0 Å². The number of hydrogen-bond acceptors (Lipinski definition) is 3. The van der Waals surface area contributed by atoms with Crippen LogP contribution in [0.25, 0.3) is 0 Å². The van der Waals surface area contributed by atoms with E-state index < -0.39 is 5.97 Å². The van der Waals surface area contributed by atoms with Crippen LogP contribution in [-0.2, 0) is 0 Å². The fourth-order valence-electron chi connectivity index (χ4n) is 1.52. The van der Waals surface area contributed by atoms with Crippen molar-refractivity contribution in [3.63, 3.8) is 0 Å². The maximum atomic E-state index is 11.1. The lowest BCUT2D eigenvalue weighted by Gasteiger charge is -2.10. The van der Waals surface area contributed by atoms with Gasteiger partial charge in [-0.3, -0.25) is 4.98 Å². The third kappa shape index (κ3) is 2.98. The molecule has 0 aliphatic carbocycles. The number of anilines is 2. The number of aromatic carboxylic acids is 1. The number of carboxylic acids is 1. The minimum Gasteiger partial charge on any atom is -0.478 e. The van der Waals surface area contributed by atoms with Gasteiger partial charge in [-0.2, -0.15) is 0 Å². The molecule has 2 aromatic rings. The first-order valence-corrected chi connectivity index (χ1v) is 6.36. The summed E-state index contributed by atoms with van der Waals surface area (Å²) in [6, 6.07) is 9.45. The van der Waals surface area contributed by atoms with Crippen LogP contribution in [0, 0.1) is 10.5 Å². The average molecular weight is 354 g/mol. The molecule has 1 heterocycles. The van der Waals surface area contributed by atoms with E-state index in [2.05, 4.69) is 32.9 Å². The minimum absolute atomic E-state index is 0.166. The Morgan fingerprint density at radius 2 is 2.00 bits per heavy atom. The Kier molecular flexibility index (Phi) is 3.81. The standard InChI is InChI=1S/C13H11IN2O2/c1-8-6-12(11(7-15-8)13(17)18)16-10-4-2-9(14)3-5-10/h2-7H,1H3,(H,15,16)(H,17,18). The van der Waals surface area contributed by atoms with Crippen molar-refractivity contribution in [2.24, 2.45) is 0 Å². The van der Waals surface area contributed by atoms with E-state index in [1.54, 1.807) is 6.07 Å². The molecule has 0 bridgehead atoms. The monoisotopic (exact) mass is 354 g/mol. The fraction of sp³-hybridized carbons (Fsp3) is 0.0769. The summed E-state index contributed by atoms with van der Waals surface area (Å²) in [4.78, 5) is 15.1. The molecule has 0 fully saturated rings. The average Bonchev–Trinajstić information content (AvgIpc) is 2.32. The van der Waals surface area contributed by atoms with Crippen molar-refractivity contribution in [2.75, 3.05) is 5.32 Å². The van der Waals surface area contributed by atoms with Gasteiger partial charge in [-0.25, -0.2) is 4.79 Å². The van der Waals surface area contributed by atoms with Gasteiger partial charge in [0.15, 0.2) is 0 Å². The van der Waals surface area contributed by atoms with E-state index in [0.29, 0.717) is 5.69 Å². The van der Waals surface area contributed by atoms with Crippen molar-refractivity contribution < 1.29 is 9.90 Å². The minimum atomic E-state index is -0.990. The van der Waals surface area contributed by atoms with Gasteiger partial charge in [0.25, 0.3) is 0 Å². The lowest BCUT2D eigenvalue weighted by molar-refractivity contribution is 0.0697. The third-order valence-corrected chi connectivity index (χ3v) is 3.11. The van der Waals surface area contributed by atoms with Gasteiger partial charge in [0.2, 0.25) is 0 Å². The van der Waals surface area contributed by atoms with E-state index in [4.69, 9.17) is 5.11 Å². The van der Waals surface area contributed by atoms with Gasteiger partial charge in [0, 0.05) is 21.1 Å². The lowest BCUT2D eigenvalue weighted by Crippen LogP contribution is -2.04. The summed E-state index contributed by atoms with van der Waals surface area (Å²) in [6.07, 6.45) is 1.37. The number of carbonyl (C=O) groups is 1. The van der Waals surface area contributed by atoms with Crippen LogP contribution in [0.4, 0.5) is 11.4 Å². The van der Waals surface area contributed by atoms with Crippen LogP contribution >= 0.6 is 22.6 Å². The van der Waals surface area contributed by atoms with Gasteiger partial charge in [-0.1, -0.05) is 0 Å². The maximum absolute atomic E-state index is 11.1. The van der Waals surface area contributed by atoms with Crippen molar-refractivity contribution in [3.05, 3.63) is 51.4 Å². The zero-order valence-electron chi connectivity index (χ0n) is 9.64. The molecule has 0 aliphatic rings. The second-order valence-corrected chi connectivity index (χ2v) is 5.05. The number of pyridine rings is 1. The molecule has 4 nitrogen and oxygen atoms in total. The van der Waals surface area contributed by atoms with Crippen molar-refractivity contribution in [1.82, 2.24) is 4.98 Å². The highest BCUT2D eigenvalue weighted by Crippen LogP contribution is 2.22. The molecule has 0 atom stereocenters. The van der Waals surface area contributed by atoms with Crippen LogP contribution in [0.5, 0.6) is 0 Å². The molecule has 0 radical (unpaired) electrons. The SMILES string of the molecule is Cc1cc(Nc2ccc(I)cc2)c(C(=O)O)cn1. The van der Waals surface area contributed by atoms with Crippen LogP contribution in [0.15, 0.2) is 36.5 Å². The first kappa shape index (κ1) is 12.8. The summed E-state index contributed by atoms with van der Waals surface area (Å²) in [7, 11) is 0. The summed E-state index contributed by atoms with van der Waals surface area (Å²) in [5.74, 6) is -0.990. The Morgan fingerprint density at radius 1 is 1.33 bits per heavy atom. The third-order valence-electron chi connectivity index (χ3n) is 2.39. The molecule has 92 valence electrons. The van der Waals surface area contributed by atoms with Crippen molar-refractivity contribution in [2.45, 2.75) is 6.92 Å². The van der Waals surface area contributed by atoms with E-state index in [1.807, 2.05) is 31.2 Å². The van der Waals surface area contributed by atoms with Gasteiger partial charge in [0.05, 0.1) is 5.69 Å². The molecule has 0 amide bonds. The number of aromatic nitrogens is 1. The summed E-state index contributed by atoms with van der Waals surface area (Å²) in [6.45, 7) is 1.82. The quantitative estimate of drug-likeness (QED) is 0.829. The smallest absolute Gasteiger partial charge is 0.339 e. The summed E-state index contributed by atoms with van der Waals surface area (Å²) >= 11 is 2.22. The number of benzene rings is 1. The first-order chi connectivity index (χ1) is 8.56. The number of nitrogens with one attached hydrogen (secondary N) is 1. The van der Waals surface area contributed by atoms with Crippen LogP contribution in [0.2, 0.25) is 0 Å². The van der Waals surface area contributed by atoms with E-state index in [9.17, 15) is 4.79 Å². The molecule has 1 aromatic carbocycles. The van der Waals surface area contributed by atoms with Gasteiger partial charge >= 0.3 is 5.97 Å². The highest BCUT2D eigenvalue weighted by atomic mass is 127. The second kappa shape index (κ2) is 5.34. The number of carboxylic acid groups (broad SMARTS) is 1. The largest absolute Gasteiger partial charge is 0.478 e. The predicted octanol–water partition coefficient (Wildman–Crippen LogP) is 3.44. The predicted molar refractivity (Wildman–Crippen MR) is 78.4 cm³/mol. The Balaban J connectivity index is 2.35. The number of nitrogens with zero attached hydrogens (tertiary/aromatic N) is 1.